The van der Waals surface area contributed by atoms with E-state index in [0.29, 0.717) is 0 Å². The van der Waals surface area contributed by atoms with Crippen LogP contribution in [0, 0.1) is 11.8 Å². The lowest BCUT2D eigenvalue weighted by molar-refractivity contribution is 0.183. The van der Waals surface area contributed by atoms with Gasteiger partial charge in [0.2, 0.25) is 0 Å². The molecular formula is C15H31N3O. The number of nitrogens with zero attached hydrogens (tertiary/aromatic N) is 2. The number of primary amides is 1. The molecule has 0 atom stereocenters. The van der Waals surface area contributed by atoms with Crippen LogP contribution in [-0.2, 0) is 0 Å². The zero-order valence-electron chi connectivity index (χ0n) is 12.9. The number of hydrogen-bond acceptors (Lipinski definition) is 2. The molecule has 2 N–H and O–H groups in total. The van der Waals surface area contributed by atoms with Gasteiger partial charge in [-0.3, -0.25) is 0 Å². The van der Waals surface area contributed by atoms with Gasteiger partial charge in [-0.2, -0.15) is 0 Å². The maximum absolute atomic E-state index is 10.6. The van der Waals surface area contributed by atoms with Crippen molar-refractivity contribution in [2.45, 2.75) is 46.5 Å². The second-order valence-electron chi connectivity index (χ2n) is 6.12. The van der Waals surface area contributed by atoms with E-state index in [-0.39, 0.29) is 6.03 Å². The Kier molecular flexibility index (Phi) is 7.21. The first kappa shape index (κ1) is 16.3. The lowest BCUT2D eigenvalue weighted by Crippen LogP contribution is -2.41. The molecule has 0 unspecified atom stereocenters. The summed E-state index contributed by atoms with van der Waals surface area (Å²) in [7, 11) is 0. The summed E-state index contributed by atoms with van der Waals surface area (Å²) in [5.74, 6) is 1.74. The van der Waals surface area contributed by atoms with Crippen LogP contribution in [0.1, 0.15) is 46.5 Å². The lowest BCUT2D eigenvalue weighted by atomic mass is 9.99. The van der Waals surface area contributed by atoms with Gasteiger partial charge in [0.15, 0.2) is 0 Å². The Labute approximate surface area is 118 Å². The number of amides is 2. The van der Waals surface area contributed by atoms with Crippen LogP contribution >= 0.6 is 0 Å². The van der Waals surface area contributed by atoms with Gasteiger partial charge in [0, 0.05) is 13.1 Å². The van der Waals surface area contributed by atoms with Crippen LogP contribution in [0.25, 0.3) is 0 Å². The Balaban J connectivity index is 0.000000191. The lowest BCUT2D eigenvalue weighted by Gasteiger charge is -2.28. The summed E-state index contributed by atoms with van der Waals surface area (Å²) in [5.41, 5.74) is 5.10. The van der Waals surface area contributed by atoms with E-state index in [2.05, 4.69) is 25.7 Å². The van der Waals surface area contributed by atoms with E-state index in [1.165, 1.54) is 32.5 Å². The molecule has 2 rings (SSSR count). The average Bonchev–Trinajstić information content (AvgIpc) is 2.41. The molecule has 4 heteroatoms. The van der Waals surface area contributed by atoms with Gasteiger partial charge in [0.05, 0.1) is 0 Å². The molecule has 2 amide bonds. The molecule has 0 aromatic rings. The highest BCUT2D eigenvalue weighted by atomic mass is 16.2. The Morgan fingerprint density at radius 1 is 1.00 bits per heavy atom. The minimum Gasteiger partial charge on any atom is -0.351 e. The Morgan fingerprint density at radius 3 is 1.79 bits per heavy atom. The maximum atomic E-state index is 10.6. The summed E-state index contributed by atoms with van der Waals surface area (Å²) in [6, 6.07) is -0.271. The third-order valence-corrected chi connectivity index (χ3v) is 4.42. The molecule has 2 aliphatic rings. The number of nitrogens with two attached hydrogens (primary N) is 1. The molecule has 2 fully saturated rings. The van der Waals surface area contributed by atoms with Gasteiger partial charge in [0.1, 0.15) is 0 Å². The zero-order chi connectivity index (χ0) is 14.3. The van der Waals surface area contributed by atoms with Crippen molar-refractivity contribution in [3.63, 3.8) is 0 Å². The Hall–Kier alpha value is -0.770. The fourth-order valence-electron chi connectivity index (χ4n) is 2.61. The number of urea groups is 1. The first-order valence-electron chi connectivity index (χ1n) is 7.79. The van der Waals surface area contributed by atoms with Gasteiger partial charge >= 0.3 is 6.03 Å². The molecule has 0 spiro atoms. The molecule has 0 aromatic carbocycles. The van der Waals surface area contributed by atoms with Crippen molar-refractivity contribution >= 4 is 6.03 Å². The number of rotatable bonds is 1. The predicted molar refractivity (Wildman–Crippen MR) is 80.1 cm³/mol. The van der Waals surface area contributed by atoms with E-state index >= 15 is 0 Å². The van der Waals surface area contributed by atoms with Crippen molar-refractivity contribution in [1.82, 2.24) is 9.80 Å². The molecule has 0 saturated carbocycles. The van der Waals surface area contributed by atoms with E-state index in [9.17, 15) is 4.79 Å². The molecule has 2 aliphatic heterocycles. The topological polar surface area (TPSA) is 49.6 Å². The van der Waals surface area contributed by atoms with E-state index in [0.717, 1.165) is 37.8 Å². The van der Waals surface area contributed by atoms with Gasteiger partial charge in [-0.1, -0.05) is 20.8 Å². The van der Waals surface area contributed by atoms with Crippen LogP contribution in [0.4, 0.5) is 4.79 Å². The molecule has 0 aromatic heterocycles. The SMILES string of the molecule is CC1CCN(C(N)=O)CC1.CCN1CCC(C)CC1. The molecular weight excluding hydrogens is 238 g/mol. The summed E-state index contributed by atoms with van der Waals surface area (Å²) in [6.07, 6.45) is 5.02. The predicted octanol–water partition coefficient (Wildman–Crippen LogP) is 2.54. The molecule has 2 heterocycles. The minimum atomic E-state index is -0.271. The quantitative estimate of drug-likeness (QED) is 0.795. The molecule has 0 radical (unpaired) electrons. The average molecular weight is 269 g/mol. The van der Waals surface area contributed by atoms with Crippen molar-refractivity contribution < 1.29 is 4.79 Å². The van der Waals surface area contributed by atoms with Crippen LogP contribution in [0.5, 0.6) is 0 Å². The van der Waals surface area contributed by atoms with Crippen LogP contribution in [0.2, 0.25) is 0 Å². The fraction of sp³-hybridized carbons (Fsp3) is 0.933. The standard InChI is InChI=1S/C8H17N.C7H14N2O/c1-3-9-6-4-8(2)5-7-9;1-6-2-4-9(5-3-6)7(8)10/h8H,3-7H2,1-2H3;6H,2-5H2,1H3,(H2,8,10). The summed E-state index contributed by atoms with van der Waals surface area (Å²) in [4.78, 5) is 14.8. The van der Waals surface area contributed by atoms with Crippen molar-refractivity contribution in [2.75, 3.05) is 32.7 Å². The second-order valence-corrected chi connectivity index (χ2v) is 6.12. The van der Waals surface area contributed by atoms with Crippen LogP contribution in [-0.4, -0.2) is 48.6 Å². The molecule has 0 aliphatic carbocycles. The number of piperidine rings is 2. The van der Waals surface area contributed by atoms with E-state index in [1.54, 1.807) is 4.90 Å². The number of carbonyl (C=O) groups excluding carboxylic acids is 1. The van der Waals surface area contributed by atoms with Gasteiger partial charge in [-0.25, -0.2) is 4.79 Å². The Bertz CT molecular complexity index is 254. The van der Waals surface area contributed by atoms with Crippen molar-refractivity contribution in [1.29, 1.82) is 0 Å². The number of carbonyl (C=O) groups is 1. The van der Waals surface area contributed by atoms with Crippen molar-refractivity contribution in [3.8, 4) is 0 Å². The monoisotopic (exact) mass is 269 g/mol. The normalized spacial score (nSPS) is 22.8. The molecule has 4 nitrogen and oxygen atoms in total. The zero-order valence-corrected chi connectivity index (χ0v) is 12.9. The third kappa shape index (κ3) is 6.28. The number of likely N-dealkylation sites (tertiary alicyclic amines) is 2. The highest BCUT2D eigenvalue weighted by Gasteiger charge is 2.17. The molecule has 19 heavy (non-hydrogen) atoms. The summed E-state index contributed by atoms with van der Waals surface area (Å²) in [6.45, 7) is 12.4. The van der Waals surface area contributed by atoms with E-state index in [1.807, 2.05) is 0 Å². The van der Waals surface area contributed by atoms with Crippen LogP contribution in [0.3, 0.4) is 0 Å². The van der Waals surface area contributed by atoms with E-state index in [4.69, 9.17) is 5.73 Å². The molecule has 0 bridgehead atoms. The van der Waals surface area contributed by atoms with E-state index < -0.39 is 0 Å². The van der Waals surface area contributed by atoms with Gasteiger partial charge in [-0.15, -0.1) is 0 Å². The van der Waals surface area contributed by atoms with Crippen LogP contribution < -0.4 is 5.73 Å². The second kappa shape index (κ2) is 8.41. The largest absolute Gasteiger partial charge is 0.351 e. The smallest absolute Gasteiger partial charge is 0.314 e. The Morgan fingerprint density at radius 2 is 1.42 bits per heavy atom. The summed E-state index contributed by atoms with van der Waals surface area (Å²) < 4.78 is 0. The molecule has 2 saturated heterocycles. The number of hydrogen-bond donors (Lipinski definition) is 1. The van der Waals surface area contributed by atoms with Gasteiger partial charge in [0.25, 0.3) is 0 Å². The fourth-order valence-corrected chi connectivity index (χ4v) is 2.61. The summed E-state index contributed by atoms with van der Waals surface area (Å²) in [5, 5.41) is 0. The highest BCUT2D eigenvalue weighted by Crippen LogP contribution is 2.15. The highest BCUT2D eigenvalue weighted by molar-refractivity contribution is 5.72. The third-order valence-electron chi connectivity index (χ3n) is 4.42. The first-order chi connectivity index (χ1) is 9.02. The van der Waals surface area contributed by atoms with Crippen LogP contribution in [0.15, 0.2) is 0 Å². The van der Waals surface area contributed by atoms with Gasteiger partial charge in [-0.05, 0) is 57.2 Å². The minimum absolute atomic E-state index is 0.271. The van der Waals surface area contributed by atoms with Gasteiger partial charge < -0.3 is 15.5 Å². The maximum Gasteiger partial charge on any atom is 0.314 e. The van der Waals surface area contributed by atoms with Crippen molar-refractivity contribution in [2.24, 2.45) is 17.6 Å². The molecule has 112 valence electrons. The first-order valence-corrected chi connectivity index (χ1v) is 7.79. The summed E-state index contributed by atoms with van der Waals surface area (Å²) >= 11 is 0. The van der Waals surface area contributed by atoms with Crippen molar-refractivity contribution in [3.05, 3.63) is 0 Å².